The van der Waals surface area contributed by atoms with Gasteiger partial charge in [-0.05, 0) is 59.8 Å². The summed E-state index contributed by atoms with van der Waals surface area (Å²) in [7, 11) is 2.15. The molecule has 2 aromatic rings. The summed E-state index contributed by atoms with van der Waals surface area (Å²) in [5.74, 6) is 2.44. The first-order valence-corrected chi connectivity index (χ1v) is 11.0. The lowest BCUT2D eigenvalue weighted by Gasteiger charge is -2.31. The van der Waals surface area contributed by atoms with Crippen molar-refractivity contribution in [2.45, 2.75) is 52.0 Å². The van der Waals surface area contributed by atoms with Crippen LogP contribution >= 0.6 is 0 Å². The molecule has 1 unspecified atom stereocenters. The molecule has 1 aromatic heterocycles. The number of piperidine rings is 1. The van der Waals surface area contributed by atoms with Gasteiger partial charge < -0.3 is 19.7 Å². The van der Waals surface area contributed by atoms with Crippen LogP contribution in [-0.4, -0.2) is 53.9 Å². The highest BCUT2D eigenvalue weighted by Gasteiger charge is 2.34. The third kappa shape index (κ3) is 3.78. The maximum Gasteiger partial charge on any atom is 0.226 e. The van der Waals surface area contributed by atoms with E-state index in [4.69, 9.17) is 14.6 Å². The normalized spacial score (nSPS) is 20.0. The first-order chi connectivity index (χ1) is 14.5. The fraction of sp³-hybridized carbons (Fsp3) is 0.565. The molecule has 1 aromatic carbocycles. The average molecular weight is 413 g/mol. The number of likely N-dealkylation sites (tertiary alicyclic amines) is 1. The Kier molecular flexibility index (Phi) is 5.99. The summed E-state index contributed by atoms with van der Waals surface area (Å²) in [5.41, 5.74) is 3.07. The zero-order valence-corrected chi connectivity index (χ0v) is 18.4. The Morgan fingerprint density at radius 3 is 2.57 bits per heavy atom. The van der Waals surface area contributed by atoms with Crippen LogP contribution in [0, 0.1) is 6.92 Å². The van der Waals surface area contributed by atoms with E-state index in [1.165, 1.54) is 0 Å². The minimum Gasteiger partial charge on any atom is -0.493 e. The van der Waals surface area contributed by atoms with Crippen molar-refractivity contribution in [3.8, 4) is 11.5 Å². The van der Waals surface area contributed by atoms with Gasteiger partial charge in [0.15, 0.2) is 0 Å². The monoisotopic (exact) mass is 412 g/mol. The zero-order chi connectivity index (χ0) is 21.3. The molecule has 0 radical (unpaired) electrons. The lowest BCUT2D eigenvalue weighted by atomic mass is 9.85. The molecule has 1 atom stereocenters. The van der Waals surface area contributed by atoms with E-state index in [9.17, 15) is 4.79 Å². The molecule has 30 heavy (non-hydrogen) atoms. The predicted molar refractivity (Wildman–Crippen MR) is 117 cm³/mol. The van der Waals surface area contributed by atoms with Crippen LogP contribution in [-0.2, 0) is 4.79 Å². The first kappa shape index (κ1) is 20.7. The number of nitrogens with one attached hydrogen (secondary N) is 1. The molecule has 2 aliphatic rings. The van der Waals surface area contributed by atoms with Crippen molar-refractivity contribution in [2.24, 2.45) is 0 Å². The van der Waals surface area contributed by atoms with Gasteiger partial charge in [0.1, 0.15) is 17.3 Å². The molecule has 0 bridgehead atoms. The van der Waals surface area contributed by atoms with Crippen molar-refractivity contribution in [1.29, 1.82) is 0 Å². The molecular formula is C23H32N4O3. The summed E-state index contributed by atoms with van der Waals surface area (Å²) in [5, 5.41) is 7.82. The molecule has 1 amide bonds. The van der Waals surface area contributed by atoms with Crippen LogP contribution in [0.15, 0.2) is 18.3 Å². The van der Waals surface area contributed by atoms with Crippen molar-refractivity contribution >= 4 is 11.7 Å². The fourth-order valence-corrected chi connectivity index (χ4v) is 4.65. The molecule has 4 rings (SSSR count). The molecule has 1 N–H and O–H groups in total. The summed E-state index contributed by atoms with van der Waals surface area (Å²) in [6.07, 6.45) is 4.40. The number of rotatable bonds is 6. The average Bonchev–Trinajstić information content (AvgIpc) is 3.15. The highest BCUT2D eigenvalue weighted by molar-refractivity contribution is 5.94. The first-order valence-electron chi connectivity index (χ1n) is 11.0. The summed E-state index contributed by atoms with van der Waals surface area (Å²) in [6.45, 7) is 9.23. The van der Waals surface area contributed by atoms with E-state index in [0.717, 1.165) is 59.9 Å². The van der Waals surface area contributed by atoms with Gasteiger partial charge in [0, 0.05) is 29.0 Å². The minimum atomic E-state index is -0.0790. The summed E-state index contributed by atoms with van der Waals surface area (Å²) >= 11 is 0. The van der Waals surface area contributed by atoms with Gasteiger partial charge in [-0.2, -0.15) is 5.10 Å². The molecule has 1 saturated heterocycles. The molecule has 0 spiro atoms. The van der Waals surface area contributed by atoms with Gasteiger partial charge in [-0.15, -0.1) is 0 Å². The number of anilines is 1. The van der Waals surface area contributed by atoms with Crippen LogP contribution in [0.25, 0.3) is 0 Å². The quantitative estimate of drug-likeness (QED) is 0.783. The third-order valence-electron chi connectivity index (χ3n) is 6.23. The number of hydrogen-bond acceptors (Lipinski definition) is 5. The molecule has 0 aliphatic carbocycles. The Bertz CT molecular complexity index is 915. The number of ether oxygens (including phenoxy) is 2. The van der Waals surface area contributed by atoms with Crippen LogP contribution < -0.4 is 14.8 Å². The third-order valence-corrected chi connectivity index (χ3v) is 6.23. The second-order valence-corrected chi connectivity index (χ2v) is 8.21. The molecule has 1 fully saturated rings. The van der Waals surface area contributed by atoms with Crippen molar-refractivity contribution in [3.05, 3.63) is 35.0 Å². The molecule has 7 heteroatoms. The lowest BCUT2D eigenvalue weighted by molar-refractivity contribution is -0.116. The van der Waals surface area contributed by atoms with Crippen LogP contribution in [0.3, 0.4) is 0 Å². The lowest BCUT2D eigenvalue weighted by Crippen LogP contribution is -2.33. The van der Waals surface area contributed by atoms with E-state index >= 15 is 0 Å². The topological polar surface area (TPSA) is 68.6 Å². The second-order valence-electron chi connectivity index (χ2n) is 8.21. The van der Waals surface area contributed by atoms with Gasteiger partial charge in [-0.25, -0.2) is 4.68 Å². The number of hydrogen-bond donors (Lipinski definition) is 1. The summed E-state index contributed by atoms with van der Waals surface area (Å²) < 4.78 is 13.9. The van der Waals surface area contributed by atoms with Crippen molar-refractivity contribution in [1.82, 2.24) is 14.7 Å². The maximum absolute atomic E-state index is 12.7. The van der Waals surface area contributed by atoms with Gasteiger partial charge in [0.05, 0.1) is 25.5 Å². The number of amides is 1. The Morgan fingerprint density at radius 2 is 1.87 bits per heavy atom. The number of carbonyl (C=O) groups is 1. The van der Waals surface area contributed by atoms with Crippen LogP contribution in [0.2, 0.25) is 0 Å². The molecular weight excluding hydrogens is 380 g/mol. The molecule has 7 nitrogen and oxygen atoms in total. The van der Waals surface area contributed by atoms with E-state index in [1.54, 1.807) is 0 Å². The second kappa shape index (κ2) is 8.68. The van der Waals surface area contributed by atoms with E-state index in [1.807, 2.05) is 43.8 Å². The van der Waals surface area contributed by atoms with Crippen LogP contribution in [0.5, 0.6) is 11.5 Å². The summed E-state index contributed by atoms with van der Waals surface area (Å²) in [6, 6.07) is 4.35. The minimum absolute atomic E-state index is 0.0242. The van der Waals surface area contributed by atoms with Crippen molar-refractivity contribution in [3.63, 3.8) is 0 Å². The zero-order valence-electron chi connectivity index (χ0n) is 18.4. The smallest absolute Gasteiger partial charge is 0.226 e. The van der Waals surface area contributed by atoms with E-state index in [0.29, 0.717) is 25.7 Å². The molecule has 3 heterocycles. The largest absolute Gasteiger partial charge is 0.493 e. The standard InChI is InChI=1S/C23H32N4O3/c1-5-29-20-8-7-17(22(15(20)3)30-6-2)18-13-21(28)25-23-19(18)14-24-27(23)16-9-11-26(4)12-10-16/h7-8,14,16,18H,5-6,9-13H2,1-4H3,(H,25,28). The number of nitrogens with zero attached hydrogens (tertiary/aromatic N) is 3. The number of benzene rings is 1. The molecule has 0 saturated carbocycles. The van der Waals surface area contributed by atoms with Crippen molar-refractivity contribution in [2.75, 3.05) is 38.7 Å². The highest BCUT2D eigenvalue weighted by Crippen LogP contribution is 2.44. The number of carbonyl (C=O) groups excluding carboxylic acids is 1. The Hall–Kier alpha value is -2.54. The van der Waals surface area contributed by atoms with E-state index in [2.05, 4.69) is 17.3 Å². The fourth-order valence-electron chi connectivity index (χ4n) is 4.65. The highest BCUT2D eigenvalue weighted by atomic mass is 16.5. The van der Waals surface area contributed by atoms with Gasteiger partial charge in [0.25, 0.3) is 0 Å². The Balaban J connectivity index is 1.74. The maximum atomic E-state index is 12.7. The number of aromatic nitrogens is 2. The SMILES string of the molecule is CCOc1ccc(C2CC(=O)Nc3c2cnn3C2CCN(C)CC2)c(OCC)c1C. The van der Waals surface area contributed by atoms with Gasteiger partial charge in [-0.3, -0.25) is 4.79 Å². The van der Waals surface area contributed by atoms with Crippen LogP contribution in [0.4, 0.5) is 5.82 Å². The summed E-state index contributed by atoms with van der Waals surface area (Å²) in [4.78, 5) is 15.0. The molecule has 162 valence electrons. The van der Waals surface area contributed by atoms with Crippen LogP contribution in [0.1, 0.15) is 61.8 Å². The number of fused-ring (bicyclic) bond motifs is 1. The van der Waals surface area contributed by atoms with Crippen molar-refractivity contribution < 1.29 is 14.3 Å². The Labute approximate surface area is 178 Å². The Morgan fingerprint density at radius 1 is 1.13 bits per heavy atom. The predicted octanol–water partition coefficient (Wildman–Crippen LogP) is 3.73. The van der Waals surface area contributed by atoms with Gasteiger partial charge in [-0.1, -0.05) is 6.07 Å². The van der Waals surface area contributed by atoms with E-state index in [-0.39, 0.29) is 11.8 Å². The van der Waals surface area contributed by atoms with Gasteiger partial charge in [0.2, 0.25) is 5.91 Å². The van der Waals surface area contributed by atoms with Gasteiger partial charge >= 0.3 is 0 Å². The molecule has 2 aliphatic heterocycles. The van der Waals surface area contributed by atoms with E-state index < -0.39 is 0 Å².